The SMILES string of the molecule is NC[C@@H]1CCc2oncc2C1. The summed E-state index contributed by atoms with van der Waals surface area (Å²) in [6.07, 6.45) is 5.03. The Kier molecular flexibility index (Phi) is 1.66. The Morgan fingerprint density at radius 2 is 2.64 bits per heavy atom. The molecule has 0 saturated carbocycles. The van der Waals surface area contributed by atoms with Crippen molar-refractivity contribution in [1.82, 2.24) is 5.16 Å². The van der Waals surface area contributed by atoms with Crippen LogP contribution >= 0.6 is 0 Å². The maximum absolute atomic E-state index is 5.58. The molecule has 1 atom stereocenters. The molecule has 1 aliphatic rings. The average Bonchev–Trinajstić information content (AvgIpc) is 2.50. The second-order valence-electron chi connectivity index (χ2n) is 3.12. The van der Waals surface area contributed by atoms with Crippen LogP contribution in [0.25, 0.3) is 0 Å². The Labute approximate surface area is 65.6 Å². The van der Waals surface area contributed by atoms with Crippen LogP contribution in [0.3, 0.4) is 0 Å². The maximum Gasteiger partial charge on any atom is 0.139 e. The van der Waals surface area contributed by atoms with E-state index < -0.39 is 0 Å². The number of aryl methyl sites for hydroxylation is 1. The normalized spacial score (nSPS) is 23.2. The minimum atomic E-state index is 0.641. The molecule has 0 aromatic carbocycles. The quantitative estimate of drug-likeness (QED) is 0.645. The Balaban J connectivity index is 2.18. The molecule has 1 aliphatic carbocycles. The van der Waals surface area contributed by atoms with Crippen molar-refractivity contribution in [3.05, 3.63) is 17.5 Å². The highest BCUT2D eigenvalue weighted by Crippen LogP contribution is 2.23. The monoisotopic (exact) mass is 152 g/mol. The summed E-state index contributed by atoms with van der Waals surface area (Å²) < 4.78 is 5.06. The smallest absolute Gasteiger partial charge is 0.139 e. The van der Waals surface area contributed by atoms with Crippen molar-refractivity contribution in [2.75, 3.05) is 6.54 Å². The standard InChI is InChI=1S/C8H12N2O/c9-4-6-1-2-8-7(3-6)5-10-11-8/h5-6H,1-4,9H2/t6-/m1/s1. The summed E-state index contributed by atoms with van der Waals surface area (Å²) in [6.45, 7) is 0.782. The van der Waals surface area contributed by atoms with Crippen LogP contribution in [0.2, 0.25) is 0 Å². The summed E-state index contributed by atoms with van der Waals surface area (Å²) in [5.41, 5.74) is 6.83. The van der Waals surface area contributed by atoms with Gasteiger partial charge in [-0.25, -0.2) is 0 Å². The zero-order valence-electron chi connectivity index (χ0n) is 6.42. The van der Waals surface area contributed by atoms with Crippen LogP contribution in [0.15, 0.2) is 10.7 Å². The van der Waals surface area contributed by atoms with Gasteiger partial charge in [-0.05, 0) is 25.3 Å². The van der Waals surface area contributed by atoms with Crippen LogP contribution in [0, 0.1) is 5.92 Å². The van der Waals surface area contributed by atoms with Crippen molar-refractivity contribution in [2.24, 2.45) is 11.7 Å². The van der Waals surface area contributed by atoms with E-state index in [1.807, 2.05) is 6.20 Å². The number of aromatic nitrogens is 1. The van der Waals surface area contributed by atoms with Gasteiger partial charge in [-0.2, -0.15) is 0 Å². The summed E-state index contributed by atoms with van der Waals surface area (Å²) in [4.78, 5) is 0. The van der Waals surface area contributed by atoms with Gasteiger partial charge in [-0.3, -0.25) is 0 Å². The van der Waals surface area contributed by atoms with Gasteiger partial charge in [0.05, 0.1) is 6.20 Å². The van der Waals surface area contributed by atoms with Crippen LogP contribution in [0.4, 0.5) is 0 Å². The molecule has 1 heterocycles. The van der Waals surface area contributed by atoms with Gasteiger partial charge in [-0.1, -0.05) is 5.16 Å². The molecule has 2 N–H and O–H groups in total. The zero-order valence-corrected chi connectivity index (χ0v) is 6.42. The Morgan fingerprint density at radius 1 is 1.73 bits per heavy atom. The number of hydrogen-bond donors (Lipinski definition) is 1. The van der Waals surface area contributed by atoms with Crippen molar-refractivity contribution in [3.63, 3.8) is 0 Å². The summed E-state index contributed by atoms with van der Waals surface area (Å²) in [5.74, 6) is 1.71. The Morgan fingerprint density at radius 3 is 3.45 bits per heavy atom. The van der Waals surface area contributed by atoms with Gasteiger partial charge >= 0.3 is 0 Å². The fourth-order valence-corrected chi connectivity index (χ4v) is 1.61. The summed E-state index contributed by atoms with van der Waals surface area (Å²) in [6, 6.07) is 0. The molecule has 0 fully saturated rings. The molecule has 1 aromatic heterocycles. The molecule has 0 spiro atoms. The highest BCUT2D eigenvalue weighted by Gasteiger charge is 2.20. The second-order valence-corrected chi connectivity index (χ2v) is 3.12. The van der Waals surface area contributed by atoms with Crippen LogP contribution < -0.4 is 5.73 Å². The topological polar surface area (TPSA) is 52.0 Å². The number of nitrogens with two attached hydrogens (primary N) is 1. The van der Waals surface area contributed by atoms with Crippen molar-refractivity contribution in [3.8, 4) is 0 Å². The molecule has 0 saturated heterocycles. The van der Waals surface area contributed by atoms with Gasteiger partial charge in [-0.15, -0.1) is 0 Å². The van der Waals surface area contributed by atoms with E-state index in [4.69, 9.17) is 10.3 Å². The van der Waals surface area contributed by atoms with Gasteiger partial charge in [0.2, 0.25) is 0 Å². The first-order valence-electron chi connectivity index (χ1n) is 4.02. The van der Waals surface area contributed by atoms with E-state index in [2.05, 4.69) is 5.16 Å². The molecule has 3 heteroatoms. The molecule has 0 amide bonds. The maximum atomic E-state index is 5.58. The molecule has 0 unspecified atom stereocenters. The van der Waals surface area contributed by atoms with Crippen LogP contribution in [-0.2, 0) is 12.8 Å². The van der Waals surface area contributed by atoms with Crippen molar-refractivity contribution >= 4 is 0 Å². The minimum absolute atomic E-state index is 0.641. The van der Waals surface area contributed by atoms with Crippen LogP contribution in [0.5, 0.6) is 0 Å². The minimum Gasteiger partial charge on any atom is -0.361 e. The molecular weight excluding hydrogens is 140 g/mol. The Hall–Kier alpha value is -0.830. The lowest BCUT2D eigenvalue weighted by Crippen LogP contribution is -2.21. The summed E-state index contributed by atoms with van der Waals surface area (Å²) in [7, 11) is 0. The summed E-state index contributed by atoms with van der Waals surface area (Å²) in [5, 5.41) is 3.76. The molecule has 0 aliphatic heterocycles. The van der Waals surface area contributed by atoms with Gasteiger partial charge in [0, 0.05) is 12.0 Å². The third-order valence-electron chi connectivity index (χ3n) is 2.35. The van der Waals surface area contributed by atoms with E-state index in [1.54, 1.807) is 0 Å². The highest BCUT2D eigenvalue weighted by atomic mass is 16.5. The number of rotatable bonds is 1. The van der Waals surface area contributed by atoms with Gasteiger partial charge in [0.25, 0.3) is 0 Å². The van der Waals surface area contributed by atoms with Gasteiger partial charge in [0.15, 0.2) is 0 Å². The fraction of sp³-hybridized carbons (Fsp3) is 0.625. The van der Waals surface area contributed by atoms with Crippen LogP contribution in [-0.4, -0.2) is 11.7 Å². The van der Waals surface area contributed by atoms with E-state index in [-0.39, 0.29) is 0 Å². The molecule has 11 heavy (non-hydrogen) atoms. The molecule has 2 rings (SSSR count). The highest BCUT2D eigenvalue weighted by molar-refractivity contribution is 5.17. The molecule has 60 valence electrons. The predicted molar refractivity (Wildman–Crippen MR) is 41.1 cm³/mol. The number of hydrogen-bond acceptors (Lipinski definition) is 3. The number of fused-ring (bicyclic) bond motifs is 1. The average molecular weight is 152 g/mol. The van der Waals surface area contributed by atoms with E-state index in [0.717, 1.165) is 31.6 Å². The van der Waals surface area contributed by atoms with E-state index in [1.165, 1.54) is 5.56 Å². The van der Waals surface area contributed by atoms with Crippen LogP contribution in [0.1, 0.15) is 17.7 Å². The first-order chi connectivity index (χ1) is 5.40. The van der Waals surface area contributed by atoms with Crippen molar-refractivity contribution < 1.29 is 4.52 Å². The Bertz CT molecular complexity index is 244. The molecule has 0 bridgehead atoms. The summed E-state index contributed by atoms with van der Waals surface area (Å²) >= 11 is 0. The van der Waals surface area contributed by atoms with E-state index in [9.17, 15) is 0 Å². The zero-order chi connectivity index (χ0) is 7.68. The largest absolute Gasteiger partial charge is 0.361 e. The fourth-order valence-electron chi connectivity index (χ4n) is 1.61. The molecule has 3 nitrogen and oxygen atoms in total. The first-order valence-corrected chi connectivity index (χ1v) is 4.02. The number of nitrogens with zero attached hydrogens (tertiary/aromatic N) is 1. The second kappa shape index (κ2) is 2.66. The van der Waals surface area contributed by atoms with Gasteiger partial charge in [0.1, 0.15) is 5.76 Å². The lowest BCUT2D eigenvalue weighted by molar-refractivity contribution is 0.351. The van der Waals surface area contributed by atoms with Gasteiger partial charge < -0.3 is 10.3 Å². The lowest BCUT2D eigenvalue weighted by Gasteiger charge is -2.17. The first kappa shape index (κ1) is 6.85. The lowest BCUT2D eigenvalue weighted by atomic mass is 9.88. The van der Waals surface area contributed by atoms with Crippen molar-refractivity contribution in [2.45, 2.75) is 19.3 Å². The molecule has 0 radical (unpaired) electrons. The van der Waals surface area contributed by atoms with Crippen molar-refractivity contribution in [1.29, 1.82) is 0 Å². The molecular formula is C8H12N2O. The molecule has 1 aromatic rings. The van der Waals surface area contributed by atoms with E-state index in [0.29, 0.717) is 5.92 Å². The van der Waals surface area contributed by atoms with E-state index >= 15 is 0 Å². The third kappa shape index (κ3) is 1.16. The third-order valence-corrected chi connectivity index (χ3v) is 2.35. The predicted octanol–water partition coefficient (Wildman–Crippen LogP) is 0.738.